The molecule has 1 aliphatic rings. The van der Waals surface area contributed by atoms with Gasteiger partial charge in [-0.3, -0.25) is 4.79 Å². The van der Waals surface area contributed by atoms with E-state index in [0.29, 0.717) is 37.1 Å². The van der Waals surface area contributed by atoms with E-state index in [9.17, 15) is 4.79 Å². The first-order chi connectivity index (χ1) is 14.2. The Morgan fingerprint density at radius 3 is 2.79 bits per heavy atom. The minimum Gasteiger partial charge on any atom is -0.494 e. The third-order valence-electron chi connectivity index (χ3n) is 5.27. The largest absolute Gasteiger partial charge is 0.494 e. The molecule has 0 fully saturated rings. The van der Waals surface area contributed by atoms with E-state index in [4.69, 9.17) is 9.15 Å². The SMILES string of the molecule is CC1Cc2ccccc2N1Cc1occc1C(=O)NCCCOc1ccccc1. The lowest BCUT2D eigenvalue weighted by molar-refractivity contribution is 0.0949. The summed E-state index contributed by atoms with van der Waals surface area (Å²) in [6.45, 7) is 3.91. The maximum Gasteiger partial charge on any atom is 0.254 e. The van der Waals surface area contributed by atoms with E-state index in [1.54, 1.807) is 12.3 Å². The molecule has 1 aromatic heterocycles. The Balaban J connectivity index is 1.30. The van der Waals surface area contributed by atoms with Crippen molar-refractivity contribution in [3.8, 4) is 5.75 Å². The third-order valence-corrected chi connectivity index (χ3v) is 5.27. The molecule has 1 unspecified atom stereocenters. The number of para-hydroxylation sites is 2. The fourth-order valence-electron chi connectivity index (χ4n) is 3.77. The van der Waals surface area contributed by atoms with Gasteiger partial charge in [-0.2, -0.15) is 0 Å². The number of hydrogen-bond acceptors (Lipinski definition) is 4. The maximum absolute atomic E-state index is 12.6. The summed E-state index contributed by atoms with van der Waals surface area (Å²) in [5, 5.41) is 2.97. The molecule has 0 saturated heterocycles. The Morgan fingerprint density at radius 2 is 1.93 bits per heavy atom. The van der Waals surface area contributed by atoms with Crippen LogP contribution in [0.25, 0.3) is 0 Å². The number of furan rings is 1. The van der Waals surface area contributed by atoms with Gasteiger partial charge >= 0.3 is 0 Å². The fraction of sp³-hybridized carbons (Fsp3) is 0.292. The van der Waals surface area contributed by atoms with Crippen LogP contribution in [0.4, 0.5) is 5.69 Å². The van der Waals surface area contributed by atoms with Crippen molar-refractivity contribution in [2.75, 3.05) is 18.1 Å². The number of nitrogens with one attached hydrogen (secondary N) is 1. The van der Waals surface area contributed by atoms with Gasteiger partial charge in [-0.15, -0.1) is 0 Å². The molecule has 0 bridgehead atoms. The van der Waals surface area contributed by atoms with Crippen LogP contribution in [-0.2, 0) is 13.0 Å². The quantitative estimate of drug-likeness (QED) is 0.578. The summed E-state index contributed by atoms with van der Waals surface area (Å²) < 4.78 is 11.3. The van der Waals surface area contributed by atoms with Crippen LogP contribution in [0.15, 0.2) is 71.3 Å². The number of benzene rings is 2. The Morgan fingerprint density at radius 1 is 1.14 bits per heavy atom. The molecule has 0 saturated carbocycles. The van der Waals surface area contributed by atoms with E-state index in [1.165, 1.54) is 11.3 Å². The molecule has 150 valence electrons. The van der Waals surface area contributed by atoms with Gasteiger partial charge in [0.05, 0.1) is 25.0 Å². The molecule has 0 radical (unpaired) electrons. The molecule has 2 heterocycles. The van der Waals surface area contributed by atoms with Gasteiger partial charge in [0.15, 0.2) is 0 Å². The molecule has 4 rings (SSSR count). The number of amides is 1. The van der Waals surface area contributed by atoms with Crippen molar-refractivity contribution >= 4 is 11.6 Å². The molecule has 1 N–H and O–H groups in total. The average Bonchev–Trinajstić information content (AvgIpc) is 3.33. The summed E-state index contributed by atoms with van der Waals surface area (Å²) >= 11 is 0. The van der Waals surface area contributed by atoms with E-state index >= 15 is 0 Å². The van der Waals surface area contributed by atoms with Gasteiger partial charge in [0, 0.05) is 18.3 Å². The first-order valence-corrected chi connectivity index (χ1v) is 10.1. The van der Waals surface area contributed by atoms with E-state index in [-0.39, 0.29) is 5.91 Å². The zero-order valence-corrected chi connectivity index (χ0v) is 16.6. The van der Waals surface area contributed by atoms with Crippen molar-refractivity contribution in [2.24, 2.45) is 0 Å². The summed E-state index contributed by atoms with van der Waals surface area (Å²) in [6, 6.07) is 20.2. The number of carbonyl (C=O) groups is 1. The van der Waals surface area contributed by atoms with Gasteiger partial charge in [0.2, 0.25) is 0 Å². The second kappa shape index (κ2) is 8.86. The molecule has 0 spiro atoms. The molecule has 1 amide bonds. The number of carbonyl (C=O) groups excluding carboxylic acids is 1. The van der Waals surface area contributed by atoms with Crippen molar-refractivity contribution in [1.29, 1.82) is 0 Å². The maximum atomic E-state index is 12.6. The minimum absolute atomic E-state index is 0.103. The average molecular weight is 390 g/mol. The van der Waals surface area contributed by atoms with Crippen LogP contribution in [0.3, 0.4) is 0 Å². The molecule has 2 aromatic carbocycles. The Kier molecular flexibility index (Phi) is 5.84. The Labute approximate surface area is 171 Å². The van der Waals surface area contributed by atoms with Crippen LogP contribution in [-0.4, -0.2) is 25.1 Å². The van der Waals surface area contributed by atoms with E-state index in [0.717, 1.165) is 18.6 Å². The lowest BCUT2D eigenvalue weighted by atomic mass is 10.1. The molecule has 29 heavy (non-hydrogen) atoms. The zero-order chi connectivity index (χ0) is 20.1. The van der Waals surface area contributed by atoms with Crippen LogP contribution >= 0.6 is 0 Å². The predicted octanol–water partition coefficient (Wildman–Crippen LogP) is 4.43. The summed E-state index contributed by atoms with van der Waals surface area (Å²) in [6.07, 6.45) is 3.35. The van der Waals surface area contributed by atoms with Gasteiger partial charge in [-0.25, -0.2) is 0 Å². The molecular formula is C24H26N2O3. The monoisotopic (exact) mass is 390 g/mol. The molecule has 0 aliphatic carbocycles. The number of ether oxygens (including phenoxy) is 1. The van der Waals surface area contributed by atoms with Crippen LogP contribution in [0.1, 0.15) is 35.0 Å². The van der Waals surface area contributed by atoms with Crippen molar-refractivity contribution < 1.29 is 13.9 Å². The highest BCUT2D eigenvalue weighted by Crippen LogP contribution is 2.33. The zero-order valence-electron chi connectivity index (χ0n) is 16.6. The van der Waals surface area contributed by atoms with Gasteiger partial charge in [0.25, 0.3) is 5.91 Å². The summed E-state index contributed by atoms with van der Waals surface area (Å²) in [7, 11) is 0. The van der Waals surface area contributed by atoms with Crippen LogP contribution in [0, 0.1) is 0 Å². The highest BCUT2D eigenvalue weighted by Gasteiger charge is 2.27. The number of nitrogens with zero attached hydrogens (tertiary/aromatic N) is 1. The summed E-state index contributed by atoms with van der Waals surface area (Å²) in [4.78, 5) is 14.9. The van der Waals surface area contributed by atoms with Gasteiger partial charge < -0.3 is 19.4 Å². The van der Waals surface area contributed by atoms with Crippen molar-refractivity contribution in [3.05, 3.63) is 83.8 Å². The lowest BCUT2D eigenvalue weighted by Crippen LogP contribution is -2.30. The van der Waals surface area contributed by atoms with Gasteiger partial charge in [-0.05, 0) is 49.6 Å². The summed E-state index contributed by atoms with van der Waals surface area (Å²) in [5.74, 6) is 1.44. The predicted molar refractivity (Wildman–Crippen MR) is 113 cm³/mol. The second-order valence-corrected chi connectivity index (χ2v) is 7.34. The topological polar surface area (TPSA) is 54.7 Å². The van der Waals surface area contributed by atoms with E-state index in [1.807, 2.05) is 30.3 Å². The van der Waals surface area contributed by atoms with Gasteiger partial charge in [0.1, 0.15) is 11.5 Å². The standard InChI is InChI=1S/C24H26N2O3/c1-18-16-19-8-5-6-11-22(19)26(18)17-23-21(12-15-29-23)24(27)25-13-7-14-28-20-9-3-2-4-10-20/h2-6,8-12,15,18H,7,13-14,16-17H2,1H3,(H,25,27). The number of fused-ring (bicyclic) bond motifs is 1. The van der Waals surface area contributed by atoms with Crippen molar-refractivity contribution in [2.45, 2.75) is 32.4 Å². The highest BCUT2D eigenvalue weighted by atomic mass is 16.5. The summed E-state index contributed by atoms with van der Waals surface area (Å²) in [5.41, 5.74) is 3.17. The molecule has 1 aliphatic heterocycles. The van der Waals surface area contributed by atoms with E-state index in [2.05, 4.69) is 41.4 Å². The van der Waals surface area contributed by atoms with Crippen LogP contribution < -0.4 is 15.0 Å². The Bertz CT molecular complexity index is 952. The second-order valence-electron chi connectivity index (χ2n) is 7.34. The van der Waals surface area contributed by atoms with Gasteiger partial charge in [-0.1, -0.05) is 36.4 Å². The van der Waals surface area contributed by atoms with E-state index < -0.39 is 0 Å². The normalized spacial score (nSPS) is 15.2. The molecule has 1 atom stereocenters. The number of anilines is 1. The number of hydrogen-bond donors (Lipinski definition) is 1. The first-order valence-electron chi connectivity index (χ1n) is 10.1. The van der Waals surface area contributed by atoms with Crippen LogP contribution in [0.2, 0.25) is 0 Å². The smallest absolute Gasteiger partial charge is 0.254 e. The minimum atomic E-state index is -0.103. The Hall–Kier alpha value is -3.21. The fourth-order valence-corrected chi connectivity index (χ4v) is 3.77. The van der Waals surface area contributed by atoms with Crippen molar-refractivity contribution in [3.63, 3.8) is 0 Å². The lowest BCUT2D eigenvalue weighted by Gasteiger charge is -2.24. The van der Waals surface area contributed by atoms with Crippen LogP contribution in [0.5, 0.6) is 5.75 Å². The number of rotatable bonds is 8. The highest BCUT2D eigenvalue weighted by molar-refractivity contribution is 5.95. The molecule has 5 heteroatoms. The molecule has 3 aromatic rings. The van der Waals surface area contributed by atoms with Crippen molar-refractivity contribution in [1.82, 2.24) is 5.32 Å². The third kappa shape index (κ3) is 4.45. The molecular weight excluding hydrogens is 364 g/mol. The first kappa shape index (κ1) is 19.1. The molecule has 5 nitrogen and oxygen atoms in total.